The van der Waals surface area contributed by atoms with Gasteiger partial charge in [0, 0.05) is 23.7 Å². The number of fused-ring (bicyclic) bond motifs is 1. The molecule has 3 aromatic rings. The highest BCUT2D eigenvalue weighted by atomic mass is 32.2. The van der Waals surface area contributed by atoms with Gasteiger partial charge in [0.25, 0.3) is 0 Å². The number of carbonyl (C=O) groups excluding carboxylic acids is 1. The Morgan fingerprint density at radius 3 is 2.83 bits per heavy atom. The van der Waals surface area contributed by atoms with Crippen molar-refractivity contribution >= 4 is 44.4 Å². The maximum Gasteiger partial charge on any atom is 0.229 e. The molecule has 0 radical (unpaired) electrons. The van der Waals surface area contributed by atoms with E-state index >= 15 is 0 Å². The first-order valence-electron chi connectivity index (χ1n) is 10.6. The quantitative estimate of drug-likeness (QED) is 0.411. The Balaban J connectivity index is 1.50. The summed E-state index contributed by atoms with van der Waals surface area (Å²) in [6.45, 7) is 5.61. The molecular weight excluding hydrogens is 412 g/mol. The number of ether oxygens (including phenoxy) is 1. The highest BCUT2D eigenvalue weighted by Gasteiger charge is 2.26. The van der Waals surface area contributed by atoms with Crippen LogP contribution in [0.5, 0.6) is 0 Å². The number of thioether (sulfide) groups is 1. The molecule has 0 aliphatic carbocycles. The molecular formula is C24H28N2O2S2. The highest BCUT2D eigenvalue weighted by Crippen LogP contribution is 2.32. The minimum atomic E-state index is 0.108. The molecule has 2 heterocycles. The number of hydrogen-bond donors (Lipinski definition) is 0. The fourth-order valence-corrected chi connectivity index (χ4v) is 5.58. The van der Waals surface area contributed by atoms with Gasteiger partial charge in [0.1, 0.15) is 0 Å². The molecule has 30 heavy (non-hydrogen) atoms. The molecule has 0 N–H and O–H groups in total. The molecule has 4 nitrogen and oxygen atoms in total. The minimum absolute atomic E-state index is 0.108. The Hall–Kier alpha value is -1.89. The van der Waals surface area contributed by atoms with E-state index in [9.17, 15) is 4.79 Å². The molecule has 2 aromatic carbocycles. The van der Waals surface area contributed by atoms with Crippen LogP contribution < -0.4 is 4.90 Å². The molecule has 4 rings (SSSR count). The average molecular weight is 441 g/mol. The zero-order valence-corrected chi connectivity index (χ0v) is 19.2. The molecule has 1 aliphatic rings. The highest BCUT2D eigenvalue weighted by molar-refractivity contribution is 7.99. The van der Waals surface area contributed by atoms with Gasteiger partial charge in [-0.1, -0.05) is 48.1 Å². The number of benzene rings is 2. The number of carbonyl (C=O) groups is 1. The van der Waals surface area contributed by atoms with Crippen LogP contribution in [-0.4, -0.2) is 35.9 Å². The van der Waals surface area contributed by atoms with Crippen LogP contribution in [-0.2, 0) is 16.0 Å². The molecule has 1 aliphatic heterocycles. The second-order valence-corrected chi connectivity index (χ2v) is 9.84. The molecule has 0 spiro atoms. The van der Waals surface area contributed by atoms with Crippen molar-refractivity contribution in [3.63, 3.8) is 0 Å². The van der Waals surface area contributed by atoms with Gasteiger partial charge in [-0.25, -0.2) is 4.98 Å². The molecule has 0 bridgehead atoms. The Labute approximate surface area is 186 Å². The van der Waals surface area contributed by atoms with E-state index in [-0.39, 0.29) is 12.0 Å². The summed E-state index contributed by atoms with van der Waals surface area (Å²) in [6.07, 6.45) is 3.61. The Morgan fingerprint density at radius 1 is 1.27 bits per heavy atom. The van der Waals surface area contributed by atoms with Gasteiger partial charge >= 0.3 is 0 Å². The molecule has 1 saturated heterocycles. The van der Waals surface area contributed by atoms with Crippen molar-refractivity contribution in [3.05, 3.63) is 53.6 Å². The predicted octanol–water partition coefficient (Wildman–Crippen LogP) is 5.86. The minimum Gasteiger partial charge on any atom is -0.376 e. The molecule has 158 valence electrons. The van der Waals surface area contributed by atoms with Crippen LogP contribution in [0.25, 0.3) is 10.2 Å². The lowest BCUT2D eigenvalue weighted by Gasteiger charge is -2.23. The van der Waals surface area contributed by atoms with Gasteiger partial charge in [-0.2, -0.15) is 0 Å². The van der Waals surface area contributed by atoms with Crippen LogP contribution in [0.1, 0.15) is 37.3 Å². The van der Waals surface area contributed by atoms with Gasteiger partial charge in [0.2, 0.25) is 5.91 Å². The number of aromatic nitrogens is 1. The van der Waals surface area contributed by atoms with E-state index in [1.54, 1.807) is 23.1 Å². The average Bonchev–Trinajstić information content (AvgIpc) is 3.42. The number of aryl methyl sites for hydroxylation is 2. The number of hydrogen-bond acceptors (Lipinski definition) is 5. The van der Waals surface area contributed by atoms with Crippen molar-refractivity contribution < 1.29 is 9.53 Å². The zero-order chi connectivity index (χ0) is 20.9. The summed E-state index contributed by atoms with van der Waals surface area (Å²) in [6, 6.07) is 14.8. The van der Waals surface area contributed by atoms with Gasteiger partial charge in [-0.05, 0) is 49.9 Å². The summed E-state index contributed by atoms with van der Waals surface area (Å²) in [7, 11) is 0. The van der Waals surface area contributed by atoms with E-state index in [1.807, 2.05) is 4.90 Å². The second-order valence-electron chi connectivity index (χ2n) is 7.66. The number of rotatable bonds is 8. The third kappa shape index (κ3) is 5.05. The number of anilines is 1. The van der Waals surface area contributed by atoms with Gasteiger partial charge in [-0.3, -0.25) is 9.69 Å². The summed E-state index contributed by atoms with van der Waals surface area (Å²) < 4.78 is 6.98. The SMILES string of the molecule is CCc1cccc2sc(N(CC3CCCO3)C(=O)CCSc3ccc(C)cc3)nc12. The third-order valence-electron chi connectivity index (χ3n) is 5.42. The van der Waals surface area contributed by atoms with Gasteiger partial charge < -0.3 is 4.74 Å². The maximum absolute atomic E-state index is 13.2. The first-order valence-corrected chi connectivity index (χ1v) is 12.4. The Morgan fingerprint density at radius 2 is 2.10 bits per heavy atom. The Kier molecular flexibility index (Phi) is 7.08. The molecule has 1 fully saturated rings. The monoisotopic (exact) mass is 440 g/mol. The summed E-state index contributed by atoms with van der Waals surface area (Å²) in [5, 5.41) is 0.798. The molecule has 6 heteroatoms. The van der Waals surface area contributed by atoms with Crippen LogP contribution >= 0.6 is 23.1 Å². The zero-order valence-electron chi connectivity index (χ0n) is 17.6. The van der Waals surface area contributed by atoms with Gasteiger partial charge in [0.05, 0.1) is 22.9 Å². The molecule has 0 saturated carbocycles. The number of thiazole rings is 1. The second kappa shape index (κ2) is 9.94. The van der Waals surface area contributed by atoms with Crippen LogP contribution in [0.4, 0.5) is 5.13 Å². The number of amides is 1. The summed E-state index contributed by atoms with van der Waals surface area (Å²) in [5.74, 6) is 0.886. The fraction of sp³-hybridized carbons (Fsp3) is 0.417. The molecule has 1 unspecified atom stereocenters. The van der Waals surface area contributed by atoms with E-state index in [2.05, 4.69) is 56.3 Å². The van der Waals surface area contributed by atoms with E-state index in [1.165, 1.54) is 16.0 Å². The number of nitrogens with zero attached hydrogens (tertiary/aromatic N) is 2. The van der Waals surface area contributed by atoms with Gasteiger partial charge in [-0.15, -0.1) is 11.8 Å². The maximum atomic E-state index is 13.2. The molecule has 1 atom stereocenters. The van der Waals surface area contributed by atoms with E-state index in [0.29, 0.717) is 13.0 Å². The van der Waals surface area contributed by atoms with Crippen LogP contribution in [0.3, 0.4) is 0 Å². The van der Waals surface area contributed by atoms with Crippen LogP contribution in [0.2, 0.25) is 0 Å². The van der Waals surface area contributed by atoms with Gasteiger partial charge in [0.15, 0.2) is 5.13 Å². The first kappa shape index (κ1) is 21.3. The lowest BCUT2D eigenvalue weighted by Crippen LogP contribution is -2.37. The summed E-state index contributed by atoms with van der Waals surface area (Å²) in [5.41, 5.74) is 3.51. The van der Waals surface area contributed by atoms with Crippen LogP contribution in [0, 0.1) is 6.92 Å². The fourth-order valence-electron chi connectivity index (χ4n) is 3.70. The van der Waals surface area contributed by atoms with Crippen LogP contribution in [0.15, 0.2) is 47.4 Å². The third-order valence-corrected chi connectivity index (χ3v) is 7.48. The predicted molar refractivity (Wildman–Crippen MR) is 127 cm³/mol. The lowest BCUT2D eigenvalue weighted by atomic mass is 10.1. The van der Waals surface area contributed by atoms with Crippen molar-refractivity contribution in [2.75, 3.05) is 23.8 Å². The Bertz CT molecular complexity index is 994. The van der Waals surface area contributed by atoms with Crippen molar-refractivity contribution in [1.82, 2.24) is 4.98 Å². The van der Waals surface area contributed by atoms with Crippen molar-refractivity contribution in [2.45, 2.75) is 50.5 Å². The molecule has 1 amide bonds. The topological polar surface area (TPSA) is 42.4 Å². The van der Waals surface area contributed by atoms with E-state index < -0.39 is 0 Å². The summed E-state index contributed by atoms with van der Waals surface area (Å²) in [4.78, 5) is 21.2. The van der Waals surface area contributed by atoms with E-state index in [4.69, 9.17) is 9.72 Å². The van der Waals surface area contributed by atoms with Crippen molar-refractivity contribution in [3.8, 4) is 0 Å². The number of para-hydroxylation sites is 1. The largest absolute Gasteiger partial charge is 0.376 e. The molecule has 1 aromatic heterocycles. The normalized spacial score (nSPS) is 16.3. The lowest BCUT2D eigenvalue weighted by molar-refractivity contribution is -0.118. The smallest absolute Gasteiger partial charge is 0.229 e. The van der Waals surface area contributed by atoms with Crippen molar-refractivity contribution in [2.24, 2.45) is 0 Å². The standard InChI is InChI=1S/C24H28N2O2S2/c1-3-18-6-4-8-21-23(18)25-24(30-21)26(16-19-7-5-14-28-19)22(27)13-15-29-20-11-9-17(2)10-12-20/h4,6,8-12,19H,3,5,7,13-16H2,1-2H3. The summed E-state index contributed by atoms with van der Waals surface area (Å²) >= 11 is 3.34. The van der Waals surface area contributed by atoms with E-state index in [0.717, 1.165) is 47.0 Å². The first-order chi connectivity index (χ1) is 14.6. The van der Waals surface area contributed by atoms with Crippen molar-refractivity contribution in [1.29, 1.82) is 0 Å².